The standard InChI is InChI=1S/C26H25F2NO6/c1-33-16-25(30)29(14-26(31)32)13-17-4-3-5-18(10-17)15-35-20-8-6-19(7-9-20)21-11-22(27)23(28)12-24(21)34-2/h3-12H,13-16H2,1-2H3,(H,31,32). The molecule has 0 aliphatic rings. The number of carbonyl (C=O) groups excluding carboxylic acids is 1. The van der Waals surface area contributed by atoms with Gasteiger partial charge in [-0.2, -0.15) is 0 Å². The number of carboxylic acid groups (broad SMARTS) is 1. The predicted octanol–water partition coefficient (Wildman–Crippen LogP) is 4.28. The van der Waals surface area contributed by atoms with Gasteiger partial charge in [0.1, 0.15) is 31.3 Å². The van der Waals surface area contributed by atoms with E-state index >= 15 is 0 Å². The van der Waals surface area contributed by atoms with Crippen LogP contribution in [0.4, 0.5) is 8.78 Å². The molecule has 0 fully saturated rings. The zero-order valence-corrected chi connectivity index (χ0v) is 19.3. The number of nitrogens with zero attached hydrogens (tertiary/aromatic N) is 1. The molecule has 35 heavy (non-hydrogen) atoms. The lowest BCUT2D eigenvalue weighted by Crippen LogP contribution is -2.37. The zero-order valence-electron chi connectivity index (χ0n) is 19.3. The van der Waals surface area contributed by atoms with E-state index in [9.17, 15) is 18.4 Å². The number of hydrogen-bond acceptors (Lipinski definition) is 5. The molecule has 0 heterocycles. The summed E-state index contributed by atoms with van der Waals surface area (Å²) >= 11 is 0. The van der Waals surface area contributed by atoms with Crippen molar-refractivity contribution in [1.29, 1.82) is 0 Å². The third-order valence-corrected chi connectivity index (χ3v) is 5.12. The summed E-state index contributed by atoms with van der Waals surface area (Å²) in [5, 5.41) is 9.09. The van der Waals surface area contributed by atoms with Gasteiger partial charge in [0.15, 0.2) is 11.6 Å². The SMILES string of the molecule is COCC(=O)N(CC(=O)O)Cc1cccc(COc2ccc(-c3cc(F)c(F)cc3OC)cc2)c1. The molecular weight excluding hydrogens is 460 g/mol. The van der Waals surface area contributed by atoms with Gasteiger partial charge in [-0.25, -0.2) is 8.78 Å². The van der Waals surface area contributed by atoms with E-state index < -0.39 is 30.1 Å². The number of hydrogen-bond donors (Lipinski definition) is 1. The Morgan fingerprint density at radius 2 is 1.63 bits per heavy atom. The summed E-state index contributed by atoms with van der Waals surface area (Å²) in [6.07, 6.45) is 0. The summed E-state index contributed by atoms with van der Waals surface area (Å²) in [5.74, 6) is -2.71. The molecule has 0 spiro atoms. The van der Waals surface area contributed by atoms with E-state index in [1.54, 1.807) is 36.4 Å². The Morgan fingerprint density at radius 3 is 2.29 bits per heavy atom. The molecule has 0 saturated heterocycles. The molecule has 0 unspecified atom stereocenters. The summed E-state index contributed by atoms with van der Waals surface area (Å²) < 4.78 is 43.0. The van der Waals surface area contributed by atoms with Gasteiger partial charge in [-0.15, -0.1) is 0 Å². The first kappa shape index (κ1) is 25.6. The molecule has 0 aliphatic carbocycles. The number of ether oxygens (including phenoxy) is 3. The Bertz CT molecular complexity index is 1180. The van der Waals surface area contributed by atoms with Crippen LogP contribution in [-0.2, 0) is 27.5 Å². The second-order valence-electron chi connectivity index (χ2n) is 7.68. The molecule has 0 bridgehead atoms. The number of carboxylic acids is 1. The van der Waals surface area contributed by atoms with Crippen LogP contribution >= 0.6 is 0 Å². The highest BCUT2D eigenvalue weighted by Crippen LogP contribution is 2.33. The van der Waals surface area contributed by atoms with Crippen LogP contribution in [0.1, 0.15) is 11.1 Å². The first-order valence-corrected chi connectivity index (χ1v) is 10.6. The molecule has 7 nitrogen and oxygen atoms in total. The van der Waals surface area contributed by atoms with Crippen molar-refractivity contribution in [3.05, 3.63) is 83.4 Å². The lowest BCUT2D eigenvalue weighted by molar-refractivity contribution is -0.146. The number of aliphatic carboxylic acids is 1. The minimum Gasteiger partial charge on any atom is -0.496 e. The van der Waals surface area contributed by atoms with Gasteiger partial charge >= 0.3 is 5.97 Å². The maximum absolute atomic E-state index is 13.7. The quantitative estimate of drug-likeness (QED) is 0.437. The number of benzene rings is 3. The molecule has 184 valence electrons. The van der Waals surface area contributed by atoms with Gasteiger partial charge in [-0.1, -0.05) is 36.4 Å². The second kappa shape index (κ2) is 11.9. The molecule has 9 heteroatoms. The Kier molecular flexibility index (Phi) is 8.74. The molecule has 0 aliphatic heterocycles. The number of halogens is 2. The third-order valence-electron chi connectivity index (χ3n) is 5.12. The van der Waals surface area contributed by atoms with Crippen molar-refractivity contribution in [1.82, 2.24) is 4.90 Å². The molecule has 0 aromatic heterocycles. The minimum absolute atomic E-state index is 0.118. The van der Waals surface area contributed by atoms with E-state index in [0.29, 0.717) is 16.9 Å². The van der Waals surface area contributed by atoms with E-state index in [4.69, 9.17) is 19.3 Å². The van der Waals surface area contributed by atoms with Gasteiger partial charge in [0.2, 0.25) is 5.91 Å². The van der Waals surface area contributed by atoms with Crippen molar-refractivity contribution in [3.8, 4) is 22.6 Å². The number of amides is 1. The fraction of sp³-hybridized carbons (Fsp3) is 0.231. The number of rotatable bonds is 11. The molecule has 3 rings (SSSR count). The van der Waals surface area contributed by atoms with Gasteiger partial charge in [0.25, 0.3) is 0 Å². The van der Waals surface area contributed by atoms with Crippen LogP contribution in [-0.4, -0.2) is 49.3 Å². The fourth-order valence-corrected chi connectivity index (χ4v) is 3.47. The smallest absolute Gasteiger partial charge is 0.323 e. The summed E-state index contributed by atoms with van der Waals surface area (Å²) in [7, 11) is 2.76. The van der Waals surface area contributed by atoms with Gasteiger partial charge in [-0.05, 0) is 34.9 Å². The van der Waals surface area contributed by atoms with Gasteiger partial charge < -0.3 is 24.2 Å². The van der Waals surface area contributed by atoms with Crippen molar-refractivity contribution in [2.24, 2.45) is 0 Å². The van der Waals surface area contributed by atoms with Crippen LogP contribution in [0.5, 0.6) is 11.5 Å². The predicted molar refractivity (Wildman–Crippen MR) is 124 cm³/mol. The lowest BCUT2D eigenvalue weighted by Gasteiger charge is -2.20. The van der Waals surface area contributed by atoms with Crippen molar-refractivity contribution < 1.29 is 37.7 Å². The van der Waals surface area contributed by atoms with E-state index in [2.05, 4.69) is 0 Å². The molecule has 0 atom stereocenters. The Morgan fingerprint density at radius 1 is 0.943 bits per heavy atom. The molecule has 3 aromatic rings. The fourth-order valence-electron chi connectivity index (χ4n) is 3.47. The van der Waals surface area contributed by atoms with E-state index in [1.807, 2.05) is 12.1 Å². The van der Waals surface area contributed by atoms with Gasteiger partial charge in [0, 0.05) is 25.3 Å². The highest BCUT2D eigenvalue weighted by atomic mass is 19.2. The third kappa shape index (κ3) is 7.00. The molecular formula is C26H25F2NO6. The molecule has 0 saturated carbocycles. The normalized spacial score (nSPS) is 10.6. The van der Waals surface area contributed by atoms with Crippen molar-refractivity contribution >= 4 is 11.9 Å². The zero-order chi connectivity index (χ0) is 25.4. The molecule has 1 N–H and O–H groups in total. The lowest BCUT2D eigenvalue weighted by atomic mass is 10.0. The maximum Gasteiger partial charge on any atom is 0.323 e. The van der Waals surface area contributed by atoms with E-state index in [-0.39, 0.29) is 25.5 Å². The molecule has 1 amide bonds. The second-order valence-corrected chi connectivity index (χ2v) is 7.68. The largest absolute Gasteiger partial charge is 0.496 e. The average molecular weight is 485 g/mol. The first-order chi connectivity index (χ1) is 16.8. The topological polar surface area (TPSA) is 85.3 Å². The Balaban J connectivity index is 1.67. The molecule has 3 aromatic carbocycles. The highest BCUT2D eigenvalue weighted by Gasteiger charge is 2.17. The Labute approximate surface area is 201 Å². The maximum atomic E-state index is 13.7. The molecule has 0 radical (unpaired) electrons. The van der Waals surface area contributed by atoms with E-state index in [1.165, 1.54) is 19.1 Å². The van der Waals surface area contributed by atoms with Crippen LogP contribution in [0, 0.1) is 11.6 Å². The van der Waals surface area contributed by atoms with Crippen molar-refractivity contribution in [3.63, 3.8) is 0 Å². The number of methoxy groups -OCH3 is 2. The van der Waals surface area contributed by atoms with Crippen LogP contribution in [0.3, 0.4) is 0 Å². The summed E-state index contributed by atoms with van der Waals surface area (Å²) in [6.45, 7) is -0.291. The van der Waals surface area contributed by atoms with E-state index in [0.717, 1.165) is 23.3 Å². The summed E-state index contributed by atoms with van der Waals surface area (Å²) in [5.41, 5.74) is 2.62. The van der Waals surface area contributed by atoms with Crippen LogP contribution in [0.25, 0.3) is 11.1 Å². The van der Waals surface area contributed by atoms with Crippen LogP contribution < -0.4 is 9.47 Å². The van der Waals surface area contributed by atoms with Crippen LogP contribution in [0.15, 0.2) is 60.7 Å². The van der Waals surface area contributed by atoms with Gasteiger partial charge in [0.05, 0.1) is 7.11 Å². The van der Waals surface area contributed by atoms with Gasteiger partial charge in [-0.3, -0.25) is 9.59 Å². The average Bonchev–Trinajstić information content (AvgIpc) is 2.84. The summed E-state index contributed by atoms with van der Waals surface area (Å²) in [6, 6.07) is 16.2. The summed E-state index contributed by atoms with van der Waals surface area (Å²) in [4.78, 5) is 24.5. The highest BCUT2D eigenvalue weighted by molar-refractivity contribution is 5.82. The van der Waals surface area contributed by atoms with Crippen molar-refractivity contribution in [2.75, 3.05) is 27.4 Å². The monoisotopic (exact) mass is 485 g/mol. The Hall–Kier alpha value is -3.98. The first-order valence-electron chi connectivity index (χ1n) is 10.6. The van der Waals surface area contributed by atoms with Crippen molar-refractivity contribution in [2.45, 2.75) is 13.2 Å². The minimum atomic E-state index is -1.11. The number of carbonyl (C=O) groups is 2. The van der Waals surface area contributed by atoms with Crippen LogP contribution in [0.2, 0.25) is 0 Å².